The number of hydrogen-bond donors (Lipinski definition) is 2. The third-order valence-electron chi connectivity index (χ3n) is 2.67. The van der Waals surface area contributed by atoms with E-state index in [0.29, 0.717) is 5.56 Å². The van der Waals surface area contributed by atoms with E-state index in [-0.39, 0.29) is 28.2 Å². The van der Waals surface area contributed by atoms with Crippen LogP contribution in [0.25, 0.3) is 0 Å². The van der Waals surface area contributed by atoms with Crippen LogP contribution < -0.4 is 11.1 Å². The summed E-state index contributed by atoms with van der Waals surface area (Å²) < 4.78 is 37.8. The van der Waals surface area contributed by atoms with Crippen molar-refractivity contribution in [3.63, 3.8) is 0 Å². The van der Waals surface area contributed by atoms with Gasteiger partial charge in [-0.05, 0) is 23.8 Å². The van der Waals surface area contributed by atoms with E-state index in [4.69, 9.17) is 28.9 Å². The standard InChI is InChI=1S/C13H10Cl2F3N3/c14-9-5-10(15)12(21-11(9)19)20-6-7-2-1-3-8(4-7)13(16,17)18/h1-5H,6H2,(H3,19,20,21). The van der Waals surface area contributed by atoms with Crippen molar-refractivity contribution in [2.75, 3.05) is 11.1 Å². The van der Waals surface area contributed by atoms with Gasteiger partial charge in [0.2, 0.25) is 0 Å². The molecule has 0 amide bonds. The Morgan fingerprint density at radius 1 is 1.14 bits per heavy atom. The van der Waals surface area contributed by atoms with Crippen LogP contribution in [0, 0.1) is 0 Å². The second-order valence-electron chi connectivity index (χ2n) is 4.24. The SMILES string of the molecule is Nc1nc(NCc2cccc(C(F)(F)F)c2)c(Cl)cc1Cl. The molecule has 0 unspecified atom stereocenters. The van der Waals surface area contributed by atoms with Crippen molar-refractivity contribution in [3.8, 4) is 0 Å². The topological polar surface area (TPSA) is 50.9 Å². The maximum Gasteiger partial charge on any atom is 0.416 e. The van der Waals surface area contributed by atoms with Crippen molar-refractivity contribution in [2.24, 2.45) is 0 Å². The Labute approximate surface area is 128 Å². The summed E-state index contributed by atoms with van der Waals surface area (Å²) in [5.41, 5.74) is 5.28. The van der Waals surface area contributed by atoms with Crippen molar-refractivity contribution in [3.05, 3.63) is 51.5 Å². The summed E-state index contributed by atoms with van der Waals surface area (Å²) in [6.45, 7) is 0.123. The molecule has 112 valence electrons. The molecular weight excluding hydrogens is 326 g/mol. The van der Waals surface area contributed by atoms with Gasteiger partial charge in [-0.15, -0.1) is 0 Å². The minimum absolute atomic E-state index is 0.0904. The van der Waals surface area contributed by atoms with E-state index in [1.165, 1.54) is 12.1 Å². The number of hydrogen-bond acceptors (Lipinski definition) is 3. The number of alkyl halides is 3. The lowest BCUT2D eigenvalue weighted by atomic mass is 10.1. The monoisotopic (exact) mass is 335 g/mol. The maximum absolute atomic E-state index is 12.6. The quantitative estimate of drug-likeness (QED) is 0.861. The van der Waals surface area contributed by atoms with E-state index < -0.39 is 11.7 Å². The number of nitrogens with one attached hydrogen (secondary N) is 1. The number of nitrogens with zero attached hydrogens (tertiary/aromatic N) is 1. The molecule has 2 aromatic rings. The van der Waals surface area contributed by atoms with Crippen molar-refractivity contribution < 1.29 is 13.2 Å². The Balaban J connectivity index is 2.15. The molecule has 0 saturated carbocycles. The Morgan fingerprint density at radius 2 is 1.86 bits per heavy atom. The predicted octanol–water partition coefficient (Wildman–Crippen LogP) is 4.60. The van der Waals surface area contributed by atoms with Gasteiger partial charge in [-0.3, -0.25) is 0 Å². The average Bonchev–Trinajstić information content (AvgIpc) is 2.41. The van der Waals surface area contributed by atoms with Crippen LogP contribution in [-0.2, 0) is 12.7 Å². The Morgan fingerprint density at radius 3 is 2.52 bits per heavy atom. The molecule has 1 aromatic heterocycles. The number of anilines is 2. The first-order chi connectivity index (χ1) is 9.77. The van der Waals surface area contributed by atoms with Gasteiger partial charge in [-0.1, -0.05) is 35.3 Å². The molecule has 2 rings (SSSR count). The van der Waals surface area contributed by atoms with Crippen LogP contribution in [0.3, 0.4) is 0 Å². The van der Waals surface area contributed by atoms with Crippen molar-refractivity contribution in [2.45, 2.75) is 12.7 Å². The molecule has 0 saturated heterocycles. The van der Waals surface area contributed by atoms with E-state index >= 15 is 0 Å². The molecule has 0 aliphatic rings. The van der Waals surface area contributed by atoms with Gasteiger partial charge < -0.3 is 11.1 Å². The minimum Gasteiger partial charge on any atom is -0.382 e. The zero-order valence-corrected chi connectivity index (χ0v) is 12.0. The van der Waals surface area contributed by atoms with Crippen LogP contribution in [0.15, 0.2) is 30.3 Å². The molecular formula is C13H10Cl2F3N3. The van der Waals surface area contributed by atoms with Crippen LogP contribution in [0.5, 0.6) is 0 Å². The van der Waals surface area contributed by atoms with Crippen molar-refractivity contribution >= 4 is 34.8 Å². The lowest BCUT2D eigenvalue weighted by Gasteiger charge is -2.11. The van der Waals surface area contributed by atoms with E-state index in [0.717, 1.165) is 12.1 Å². The highest BCUT2D eigenvalue weighted by molar-refractivity contribution is 6.37. The lowest BCUT2D eigenvalue weighted by Crippen LogP contribution is -2.08. The Hall–Kier alpha value is -1.66. The fourth-order valence-corrected chi connectivity index (χ4v) is 2.07. The zero-order chi connectivity index (χ0) is 15.6. The van der Waals surface area contributed by atoms with Crippen molar-refractivity contribution in [1.82, 2.24) is 4.98 Å². The minimum atomic E-state index is -4.38. The Bertz CT molecular complexity index is 660. The molecule has 0 radical (unpaired) electrons. The second kappa shape index (κ2) is 5.99. The highest BCUT2D eigenvalue weighted by atomic mass is 35.5. The van der Waals surface area contributed by atoms with Crippen LogP contribution in [0.1, 0.15) is 11.1 Å². The van der Waals surface area contributed by atoms with Crippen LogP contribution in [0.4, 0.5) is 24.8 Å². The van der Waals surface area contributed by atoms with Gasteiger partial charge in [0.1, 0.15) is 11.6 Å². The number of nitrogen functional groups attached to an aromatic ring is 1. The molecule has 3 nitrogen and oxygen atoms in total. The molecule has 0 aliphatic heterocycles. The zero-order valence-electron chi connectivity index (χ0n) is 10.5. The number of benzene rings is 1. The van der Waals surface area contributed by atoms with Crippen LogP contribution in [-0.4, -0.2) is 4.98 Å². The number of nitrogens with two attached hydrogens (primary N) is 1. The van der Waals surface area contributed by atoms with Gasteiger partial charge in [0.25, 0.3) is 0 Å². The van der Waals surface area contributed by atoms with Gasteiger partial charge in [0, 0.05) is 6.54 Å². The van der Waals surface area contributed by atoms with E-state index in [1.807, 2.05) is 0 Å². The lowest BCUT2D eigenvalue weighted by molar-refractivity contribution is -0.137. The highest BCUT2D eigenvalue weighted by Gasteiger charge is 2.30. The molecule has 0 spiro atoms. The van der Waals surface area contributed by atoms with Crippen molar-refractivity contribution in [1.29, 1.82) is 0 Å². The van der Waals surface area contributed by atoms with Gasteiger partial charge >= 0.3 is 6.18 Å². The van der Waals surface area contributed by atoms with Gasteiger partial charge in [-0.2, -0.15) is 13.2 Å². The summed E-state index contributed by atoms with van der Waals surface area (Å²) in [7, 11) is 0. The number of rotatable bonds is 3. The molecule has 1 aromatic carbocycles. The summed E-state index contributed by atoms with van der Waals surface area (Å²) >= 11 is 11.7. The average molecular weight is 336 g/mol. The van der Waals surface area contributed by atoms with Gasteiger partial charge in [0.05, 0.1) is 15.6 Å². The number of aromatic nitrogens is 1. The largest absolute Gasteiger partial charge is 0.416 e. The number of pyridine rings is 1. The molecule has 21 heavy (non-hydrogen) atoms. The molecule has 0 fully saturated rings. The third kappa shape index (κ3) is 3.92. The first-order valence-corrected chi connectivity index (χ1v) is 6.54. The van der Waals surface area contributed by atoms with E-state index in [9.17, 15) is 13.2 Å². The highest BCUT2D eigenvalue weighted by Crippen LogP contribution is 2.30. The van der Waals surface area contributed by atoms with Crippen LogP contribution >= 0.6 is 23.2 Å². The molecule has 3 N–H and O–H groups in total. The first-order valence-electron chi connectivity index (χ1n) is 5.79. The fourth-order valence-electron chi connectivity index (χ4n) is 1.65. The second-order valence-corrected chi connectivity index (χ2v) is 5.05. The Kier molecular flexibility index (Phi) is 4.49. The smallest absolute Gasteiger partial charge is 0.382 e. The summed E-state index contributed by atoms with van der Waals surface area (Å²) in [5.74, 6) is 0.351. The summed E-state index contributed by atoms with van der Waals surface area (Å²) in [6.07, 6.45) is -4.38. The molecule has 0 atom stereocenters. The van der Waals surface area contributed by atoms with Gasteiger partial charge in [0.15, 0.2) is 0 Å². The first kappa shape index (κ1) is 15.7. The summed E-state index contributed by atoms with van der Waals surface area (Å²) in [5, 5.41) is 3.28. The molecule has 1 heterocycles. The molecule has 8 heteroatoms. The normalized spacial score (nSPS) is 11.5. The van der Waals surface area contributed by atoms with E-state index in [1.54, 1.807) is 6.07 Å². The number of halogens is 5. The molecule has 0 aliphatic carbocycles. The van der Waals surface area contributed by atoms with Crippen LogP contribution in [0.2, 0.25) is 10.0 Å². The third-order valence-corrected chi connectivity index (χ3v) is 3.26. The predicted molar refractivity (Wildman–Crippen MR) is 77.4 cm³/mol. The summed E-state index contributed by atoms with van der Waals surface area (Å²) in [4.78, 5) is 3.94. The van der Waals surface area contributed by atoms with E-state index in [2.05, 4.69) is 10.3 Å². The van der Waals surface area contributed by atoms with Gasteiger partial charge in [-0.25, -0.2) is 4.98 Å². The fraction of sp³-hybridized carbons (Fsp3) is 0.154. The molecule has 0 bridgehead atoms. The maximum atomic E-state index is 12.6. The summed E-state index contributed by atoms with van der Waals surface area (Å²) in [6, 6.07) is 6.38.